The number of methoxy groups -OCH3 is 1. The van der Waals surface area contributed by atoms with Gasteiger partial charge in [-0.05, 0) is 45.6 Å². The fourth-order valence-electron chi connectivity index (χ4n) is 3.03. The fourth-order valence-corrected chi connectivity index (χ4v) is 3.03. The van der Waals surface area contributed by atoms with Gasteiger partial charge in [-0.25, -0.2) is 4.79 Å². The number of halogens is 1. The number of likely N-dealkylation sites (tertiary alicyclic amines) is 1. The zero-order valence-corrected chi connectivity index (χ0v) is 19.6. The Morgan fingerprint density at radius 3 is 2.75 bits per heavy atom. The number of nitrogens with one attached hydrogen (secondary N) is 1. The van der Waals surface area contributed by atoms with Crippen LogP contribution in [0.2, 0.25) is 0 Å². The topological polar surface area (TPSA) is 89.2 Å². The summed E-state index contributed by atoms with van der Waals surface area (Å²) in [6.07, 6.45) is 1.72. The maximum Gasteiger partial charge on any atom is 0.410 e. The van der Waals surface area contributed by atoms with Gasteiger partial charge < -0.3 is 25.4 Å². The number of hydrogen-bond acceptors (Lipinski definition) is 4. The molecule has 1 aromatic rings. The molecule has 0 saturated carbocycles. The van der Waals surface area contributed by atoms with E-state index in [-0.39, 0.29) is 36.0 Å². The van der Waals surface area contributed by atoms with Crippen LogP contribution in [-0.2, 0) is 16.1 Å². The maximum absolute atomic E-state index is 12.3. The fraction of sp³-hybridized carbons (Fsp3) is 0.600. The number of piperidine rings is 1. The highest BCUT2D eigenvalue weighted by Crippen LogP contribution is 2.20. The Morgan fingerprint density at radius 2 is 2.07 bits per heavy atom. The lowest BCUT2D eigenvalue weighted by Gasteiger charge is -2.33. The predicted octanol–water partition coefficient (Wildman–Crippen LogP) is 3.82. The number of hydrogen-bond donors (Lipinski definition) is 2. The van der Waals surface area contributed by atoms with Gasteiger partial charge in [0, 0.05) is 38.0 Å². The van der Waals surface area contributed by atoms with Crippen molar-refractivity contribution in [2.45, 2.75) is 45.8 Å². The normalized spacial score (nSPS) is 17.6. The largest absolute Gasteiger partial charge is 0.444 e. The summed E-state index contributed by atoms with van der Waals surface area (Å²) >= 11 is 0. The molecule has 1 atom stereocenters. The number of aliphatic imine (C=N–C) groups is 1. The van der Waals surface area contributed by atoms with Gasteiger partial charge in [-0.2, -0.15) is 0 Å². The van der Waals surface area contributed by atoms with Gasteiger partial charge in [0.15, 0.2) is 5.96 Å². The number of carbonyl (C=O) groups is 1. The van der Waals surface area contributed by atoms with E-state index < -0.39 is 5.60 Å². The molecule has 1 heterocycles. The van der Waals surface area contributed by atoms with Gasteiger partial charge in [0.2, 0.25) is 0 Å². The van der Waals surface area contributed by atoms with Crippen molar-refractivity contribution in [1.82, 2.24) is 4.90 Å². The third kappa shape index (κ3) is 8.22. The average Bonchev–Trinajstić information content (AvgIpc) is 2.61. The molecule has 1 aromatic carbocycles. The summed E-state index contributed by atoms with van der Waals surface area (Å²) in [7, 11) is 1.66. The summed E-state index contributed by atoms with van der Waals surface area (Å²) in [6, 6.07) is 7.83. The number of nitrogens with zero attached hydrogens (tertiary/aromatic N) is 2. The summed E-state index contributed by atoms with van der Waals surface area (Å²) in [5.74, 6) is 0.647. The maximum atomic E-state index is 12.3. The van der Waals surface area contributed by atoms with E-state index >= 15 is 0 Å². The van der Waals surface area contributed by atoms with Crippen molar-refractivity contribution in [3.05, 3.63) is 29.8 Å². The van der Waals surface area contributed by atoms with E-state index in [0.29, 0.717) is 25.7 Å². The summed E-state index contributed by atoms with van der Waals surface area (Å²) in [4.78, 5) is 18.5. The van der Waals surface area contributed by atoms with Crippen LogP contribution in [-0.4, -0.2) is 49.3 Å². The quantitative estimate of drug-likeness (QED) is 0.362. The number of anilines is 1. The predicted molar refractivity (Wildman–Crippen MR) is 123 cm³/mol. The van der Waals surface area contributed by atoms with Crippen LogP contribution < -0.4 is 11.1 Å². The first-order chi connectivity index (χ1) is 12.8. The molecule has 7 nitrogen and oxygen atoms in total. The summed E-state index contributed by atoms with van der Waals surface area (Å²) in [6.45, 7) is 8.09. The molecule has 0 aromatic heterocycles. The molecule has 8 heteroatoms. The molecule has 1 aliphatic heterocycles. The van der Waals surface area contributed by atoms with E-state index in [1.54, 1.807) is 12.0 Å². The summed E-state index contributed by atoms with van der Waals surface area (Å²) in [5.41, 5.74) is 7.49. The minimum Gasteiger partial charge on any atom is -0.444 e. The van der Waals surface area contributed by atoms with Crippen molar-refractivity contribution in [3.8, 4) is 0 Å². The number of ether oxygens (including phenoxy) is 2. The first-order valence-corrected chi connectivity index (χ1v) is 9.40. The lowest BCUT2D eigenvalue weighted by molar-refractivity contribution is 0.0171. The molecule has 0 aliphatic carbocycles. The molecule has 0 spiro atoms. The van der Waals surface area contributed by atoms with Gasteiger partial charge in [-0.15, -0.1) is 24.0 Å². The molecule has 2 rings (SSSR count). The number of amides is 1. The molecule has 1 fully saturated rings. The first-order valence-electron chi connectivity index (χ1n) is 9.40. The molecule has 0 bridgehead atoms. The summed E-state index contributed by atoms with van der Waals surface area (Å²) in [5, 5.41) is 3.14. The van der Waals surface area contributed by atoms with Gasteiger partial charge >= 0.3 is 6.09 Å². The van der Waals surface area contributed by atoms with Gasteiger partial charge in [-0.1, -0.05) is 18.2 Å². The average molecular weight is 504 g/mol. The van der Waals surface area contributed by atoms with E-state index in [2.05, 4.69) is 10.3 Å². The van der Waals surface area contributed by atoms with Crippen molar-refractivity contribution >= 4 is 41.7 Å². The molecule has 1 aliphatic rings. The number of para-hydroxylation sites is 1. The van der Waals surface area contributed by atoms with Crippen molar-refractivity contribution < 1.29 is 14.3 Å². The second kappa shape index (κ2) is 11.5. The van der Waals surface area contributed by atoms with Crippen LogP contribution in [0.1, 0.15) is 39.2 Å². The van der Waals surface area contributed by atoms with Crippen LogP contribution in [0, 0.1) is 5.92 Å². The van der Waals surface area contributed by atoms with Crippen LogP contribution in [0.4, 0.5) is 10.5 Å². The molecule has 1 amide bonds. The van der Waals surface area contributed by atoms with Crippen LogP contribution in [0.5, 0.6) is 0 Å². The number of benzene rings is 1. The molecule has 3 N–H and O–H groups in total. The molecule has 1 saturated heterocycles. The Morgan fingerprint density at radius 1 is 1.36 bits per heavy atom. The minimum atomic E-state index is -0.480. The van der Waals surface area contributed by atoms with Crippen molar-refractivity contribution in [2.24, 2.45) is 16.6 Å². The van der Waals surface area contributed by atoms with E-state index in [0.717, 1.165) is 30.6 Å². The van der Waals surface area contributed by atoms with Gasteiger partial charge in [0.05, 0.1) is 6.61 Å². The SMILES string of the molecule is COCc1ccccc1NC(N)=NCC1CCCN(C(=O)OC(C)(C)C)C1.I. The van der Waals surface area contributed by atoms with Crippen LogP contribution in [0.25, 0.3) is 0 Å². The number of carbonyl (C=O) groups excluding carboxylic acids is 1. The third-order valence-electron chi connectivity index (χ3n) is 4.27. The third-order valence-corrected chi connectivity index (χ3v) is 4.27. The Kier molecular flexibility index (Phi) is 10.0. The van der Waals surface area contributed by atoms with E-state index in [1.165, 1.54) is 0 Å². The zero-order valence-electron chi connectivity index (χ0n) is 17.2. The van der Waals surface area contributed by atoms with E-state index in [9.17, 15) is 4.79 Å². The number of guanidine groups is 1. The molecule has 0 radical (unpaired) electrons. The zero-order chi connectivity index (χ0) is 19.9. The highest BCUT2D eigenvalue weighted by Gasteiger charge is 2.27. The standard InChI is InChI=1S/C20H32N4O3.HI/c1-20(2,3)27-19(25)24-11-7-8-15(13-24)12-22-18(21)23-17-10-6-5-9-16(17)14-26-4;/h5-6,9-10,15H,7-8,11-14H2,1-4H3,(H3,21,22,23);1H. The highest BCUT2D eigenvalue weighted by atomic mass is 127. The van der Waals surface area contributed by atoms with Gasteiger partial charge in [-0.3, -0.25) is 4.99 Å². The number of rotatable bonds is 5. The molecule has 1 unspecified atom stereocenters. The van der Waals surface area contributed by atoms with E-state index in [4.69, 9.17) is 15.2 Å². The lowest BCUT2D eigenvalue weighted by Crippen LogP contribution is -2.43. The molecule has 158 valence electrons. The van der Waals surface area contributed by atoms with Crippen LogP contribution in [0.3, 0.4) is 0 Å². The molecular formula is C20H33IN4O3. The van der Waals surface area contributed by atoms with Gasteiger partial charge in [0.1, 0.15) is 5.60 Å². The monoisotopic (exact) mass is 504 g/mol. The first kappa shape index (κ1) is 24.5. The van der Waals surface area contributed by atoms with Crippen molar-refractivity contribution in [2.75, 3.05) is 32.1 Å². The Bertz CT molecular complexity index is 661. The van der Waals surface area contributed by atoms with Crippen molar-refractivity contribution in [3.63, 3.8) is 0 Å². The van der Waals surface area contributed by atoms with Crippen LogP contribution in [0.15, 0.2) is 29.3 Å². The van der Waals surface area contributed by atoms with Crippen molar-refractivity contribution in [1.29, 1.82) is 0 Å². The van der Waals surface area contributed by atoms with E-state index in [1.807, 2.05) is 45.0 Å². The summed E-state index contributed by atoms with van der Waals surface area (Å²) < 4.78 is 10.7. The Hall–Kier alpha value is -1.55. The smallest absolute Gasteiger partial charge is 0.410 e. The van der Waals surface area contributed by atoms with Gasteiger partial charge in [0.25, 0.3) is 0 Å². The number of nitrogens with two attached hydrogens (primary N) is 1. The lowest BCUT2D eigenvalue weighted by atomic mass is 9.98. The highest BCUT2D eigenvalue weighted by molar-refractivity contribution is 14.0. The van der Waals surface area contributed by atoms with Crippen LogP contribution >= 0.6 is 24.0 Å². The molecular weight excluding hydrogens is 471 g/mol. The minimum absolute atomic E-state index is 0. The Labute approximate surface area is 185 Å². The second-order valence-electron chi connectivity index (χ2n) is 7.88. The molecule has 28 heavy (non-hydrogen) atoms. The Balaban J connectivity index is 0.00000392. The second-order valence-corrected chi connectivity index (χ2v) is 7.88.